The third kappa shape index (κ3) is 2.97. The van der Waals surface area contributed by atoms with Crippen molar-refractivity contribution in [3.63, 3.8) is 0 Å². The van der Waals surface area contributed by atoms with Gasteiger partial charge in [-0.2, -0.15) is 0 Å². The Morgan fingerprint density at radius 3 is 2.81 bits per heavy atom. The molecule has 5 heteroatoms. The second-order valence-corrected chi connectivity index (χ2v) is 4.58. The van der Waals surface area contributed by atoms with E-state index in [1.807, 2.05) is 0 Å². The van der Waals surface area contributed by atoms with Crippen molar-refractivity contribution >= 4 is 33.5 Å². The maximum atomic E-state index is 11.4. The molecule has 0 saturated heterocycles. The molecule has 0 fully saturated rings. The zero-order valence-electron chi connectivity index (χ0n) is 8.96. The Bertz CT molecular complexity index is 406. The second kappa shape index (κ2) is 5.66. The van der Waals surface area contributed by atoms with E-state index in [1.165, 1.54) is 0 Å². The van der Waals surface area contributed by atoms with Gasteiger partial charge in [0.1, 0.15) is 0 Å². The smallest absolute Gasteiger partial charge is 0.339 e. The number of rotatable bonds is 3. The molecule has 0 spiro atoms. The van der Waals surface area contributed by atoms with Crippen LogP contribution in [0.25, 0.3) is 0 Å². The summed E-state index contributed by atoms with van der Waals surface area (Å²) in [6, 6.07) is 3.36. The lowest BCUT2D eigenvalue weighted by Crippen LogP contribution is -2.16. The van der Waals surface area contributed by atoms with Crippen LogP contribution in [-0.4, -0.2) is 17.7 Å². The predicted octanol–water partition coefficient (Wildman–Crippen LogP) is 3.01. The average Bonchev–Trinajstić information content (AvgIpc) is 2.22. The molecule has 1 atom stereocenters. The number of ether oxygens (including phenoxy) is 1. The number of benzene rings is 1. The fourth-order valence-corrected chi connectivity index (χ4v) is 2.13. The molecule has 0 radical (unpaired) electrons. The summed E-state index contributed by atoms with van der Waals surface area (Å²) in [4.78, 5) is 11.4. The highest BCUT2D eigenvalue weighted by atomic mass is 79.9. The molecule has 1 unspecified atom stereocenters. The van der Waals surface area contributed by atoms with Gasteiger partial charge >= 0.3 is 5.97 Å². The minimum absolute atomic E-state index is 0.233. The Kier molecular flexibility index (Phi) is 4.77. The fourth-order valence-electron chi connectivity index (χ4n) is 1.30. The van der Waals surface area contributed by atoms with Gasteiger partial charge in [0.25, 0.3) is 0 Å². The van der Waals surface area contributed by atoms with Crippen LogP contribution in [0.2, 0.25) is 5.02 Å². The minimum atomic E-state index is -1.30. The van der Waals surface area contributed by atoms with E-state index in [0.717, 1.165) is 0 Å². The normalized spacial score (nSPS) is 12.3. The summed E-state index contributed by atoms with van der Waals surface area (Å²) in [7, 11) is 0. The minimum Gasteiger partial charge on any atom is -0.464 e. The monoisotopic (exact) mass is 306 g/mol. The number of aliphatic hydroxyl groups is 1. The molecule has 1 N–H and O–H groups in total. The summed E-state index contributed by atoms with van der Waals surface area (Å²) in [5.41, 5.74) is 1.13. The SMILES string of the molecule is CCOC(=O)C(O)c1cc(Br)cc(Cl)c1C. The Labute approximate surface area is 107 Å². The summed E-state index contributed by atoms with van der Waals surface area (Å²) in [6.07, 6.45) is -1.30. The number of esters is 1. The number of carbonyl (C=O) groups is 1. The maximum Gasteiger partial charge on any atom is 0.339 e. The van der Waals surface area contributed by atoms with Crippen LogP contribution < -0.4 is 0 Å². The second-order valence-electron chi connectivity index (χ2n) is 3.26. The summed E-state index contributed by atoms with van der Waals surface area (Å²) in [5, 5.41) is 10.3. The third-order valence-electron chi connectivity index (χ3n) is 2.15. The highest BCUT2D eigenvalue weighted by molar-refractivity contribution is 9.10. The highest BCUT2D eigenvalue weighted by Gasteiger charge is 2.21. The van der Waals surface area contributed by atoms with Gasteiger partial charge in [-0.15, -0.1) is 0 Å². The van der Waals surface area contributed by atoms with E-state index in [0.29, 0.717) is 20.6 Å². The quantitative estimate of drug-likeness (QED) is 0.873. The first kappa shape index (κ1) is 13.5. The first-order chi connectivity index (χ1) is 7.47. The molecule has 0 aliphatic carbocycles. The molecule has 1 aromatic rings. The van der Waals surface area contributed by atoms with Crippen molar-refractivity contribution < 1.29 is 14.6 Å². The summed E-state index contributed by atoms with van der Waals surface area (Å²) >= 11 is 9.21. The Morgan fingerprint density at radius 1 is 1.62 bits per heavy atom. The number of hydrogen-bond donors (Lipinski definition) is 1. The molecule has 88 valence electrons. The van der Waals surface area contributed by atoms with Crippen LogP contribution in [0.5, 0.6) is 0 Å². The molecule has 0 aliphatic heterocycles. The molecule has 0 aromatic heterocycles. The molecule has 0 aliphatic rings. The van der Waals surface area contributed by atoms with Gasteiger partial charge in [-0.3, -0.25) is 0 Å². The van der Waals surface area contributed by atoms with Crippen molar-refractivity contribution in [2.75, 3.05) is 6.61 Å². The van der Waals surface area contributed by atoms with E-state index < -0.39 is 12.1 Å². The zero-order valence-corrected chi connectivity index (χ0v) is 11.3. The number of aliphatic hydroxyl groups excluding tert-OH is 1. The van der Waals surface area contributed by atoms with Crippen LogP contribution >= 0.6 is 27.5 Å². The van der Waals surface area contributed by atoms with Crippen molar-refractivity contribution in [3.8, 4) is 0 Å². The molecule has 16 heavy (non-hydrogen) atoms. The van der Waals surface area contributed by atoms with Gasteiger partial charge in [0.15, 0.2) is 6.10 Å². The van der Waals surface area contributed by atoms with Crippen LogP contribution in [-0.2, 0) is 9.53 Å². The van der Waals surface area contributed by atoms with Crippen LogP contribution in [0, 0.1) is 6.92 Å². The zero-order chi connectivity index (χ0) is 12.3. The van der Waals surface area contributed by atoms with Crippen LogP contribution in [0.4, 0.5) is 0 Å². The van der Waals surface area contributed by atoms with Crippen molar-refractivity contribution in [2.45, 2.75) is 20.0 Å². The molecule has 0 saturated carbocycles. The summed E-state index contributed by atoms with van der Waals surface area (Å²) < 4.78 is 5.46. The highest BCUT2D eigenvalue weighted by Crippen LogP contribution is 2.29. The van der Waals surface area contributed by atoms with Crippen molar-refractivity contribution in [1.29, 1.82) is 0 Å². The third-order valence-corrected chi connectivity index (χ3v) is 3.00. The van der Waals surface area contributed by atoms with Gasteiger partial charge in [0.05, 0.1) is 6.61 Å². The van der Waals surface area contributed by atoms with Gasteiger partial charge in [-0.1, -0.05) is 27.5 Å². The lowest BCUT2D eigenvalue weighted by molar-refractivity contribution is -0.153. The standard InChI is InChI=1S/C11H12BrClO3/c1-3-16-11(15)10(14)8-4-7(12)5-9(13)6(8)2/h4-5,10,14H,3H2,1-2H3. The van der Waals surface area contributed by atoms with Gasteiger partial charge in [0, 0.05) is 9.50 Å². The number of carbonyl (C=O) groups excluding carboxylic acids is 1. The number of halogens is 2. The van der Waals surface area contributed by atoms with Gasteiger partial charge in [0.2, 0.25) is 0 Å². The van der Waals surface area contributed by atoms with E-state index >= 15 is 0 Å². The van der Waals surface area contributed by atoms with Crippen molar-refractivity contribution in [2.24, 2.45) is 0 Å². The summed E-state index contributed by atoms with van der Waals surface area (Å²) in [5.74, 6) is -0.667. The molecular weight excluding hydrogens is 295 g/mol. The largest absolute Gasteiger partial charge is 0.464 e. The lowest BCUT2D eigenvalue weighted by Gasteiger charge is -2.14. The van der Waals surface area contributed by atoms with Crippen LogP contribution in [0.15, 0.2) is 16.6 Å². The lowest BCUT2D eigenvalue weighted by atomic mass is 10.0. The Morgan fingerprint density at radius 2 is 2.25 bits per heavy atom. The van der Waals surface area contributed by atoms with Gasteiger partial charge in [-0.05, 0) is 37.1 Å². The summed E-state index contributed by atoms with van der Waals surface area (Å²) in [6.45, 7) is 3.66. The van der Waals surface area contributed by atoms with E-state index in [4.69, 9.17) is 16.3 Å². The predicted molar refractivity (Wildman–Crippen MR) is 65.5 cm³/mol. The molecule has 1 rings (SSSR count). The molecule has 1 aromatic carbocycles. The van der Waals surface area contributed by atoms with Gasteiger partial charge < -0.3 is 9.84 Å². The molecule has 0 amide bonds. The molecule has 3 nitrogen and oxygen atoms in total. The molecule has 0 heterocycles. The van der Waals surface area contributed by atoms with Gasteiger partial charge in [-0.25, -0.2) is 4.79 Å². The molecule has 0 bridgehead atoms. The van der Waals surface area contributed by atoms with Crippen molar-refractivity contribution in [3.05, 3.63) is 32.8 Å². The maximum absolute atomic E-state index is 11.4. The van der Waals surface area contributed by atoms with E-state index in [1.54, 1.807) is 26.0 Å². The number of hydrogen-bond acceptors (Lipinski definition) is 3. The van der Waals surface area contributed by atoms with E-state index in [-0.39, 0.29) is 6.61 Å². The fraction of sp³-hybridized carbons (Fsp3) is 0.364. The van der Waals surface area contributed by atoms with E-state index in [2.05, 4.69) is 15.9 Å². The Balaban J connectivity index is 3.08. The van der Waals surface area contributed by atoms with Crippen LogP contribution in [0.3, 0.4) is 0 Å². The Hall–Kier alpha value is -0.580. The average molecular weight is 308 g/mol. The first-order valence-corrected chi connectivity index (χ1v) is 5.94. The van der Waals surface area contributed by atoms with E-state index in [9.17, 15) is 9.90 Å². The van der Waals surface area contributed by atoms with Crippen LogP contribution in [0.1, 0.15) is 24.2 Å². The first-order valence-electron chi connectivity index (χ1n) is 4.77. The topological polar surface area (TPSA) is 46.5 Å². The van der Waals surface area contributed by atoms with Crippen molar-refractivity contribution in [1.82, 2.24) is 0 Å². The molecular formula is C11H12BrClO3.